The average molecular weight is 462 g/mol. The Morgan fingerprint density at radius 1 is 1.09 bits per heavy atom. The first-order chi connectivity index (χ1) is 15.7. The first kappa shape index (κ1) is 22.5. The third kappa shape index (κ3) is 4.46. The summed E-state index contributed by atoms with van der Waals surface area (Å²) < 4.78 is 42.2. The van der Waals surface area contributed by atoms with Gasteiger partial charge in [0.05, 0.1) is 10.6 Å². The zero-order valence-corrected chi connectivity index (χ0v) is 17.4. The summed E-state index contributed by atoms with van der Waals surface area (Å²) in [6.45, 7) is 1.40. The van der Waals surface area contributed by atoms with Crippen molar-refractivity contribution in [3.63, 3.8) is 0 Å². The maximum Gasteiger partial charge on any atom is 0.449 e. The molecule has 0 aromatic heterocycles. The van der Waals surface area contributed by atoms with Crippen molar-refractivity contribution >= 4 is 29.3 Å². The highest BCUT2D eigenvalue weighted by molar-refractivity contribution is 6.00. The molecule has 2 aromatic carbocycles. The van der Waals surface area contributed by atoms with Crippen molar-refractivity contribution in [1.29, 1.82) is 0 Å². The first-order valence-corrected chi connectivity index (χ1v) is 10.3. The highest BCUT2D eigenvalue weighted by Gasteiger charge is 2.60. The van der Waals surface area contributed by atoms with Crippen LogP contribution in [0.15, 0.2) is 53.5 Å². The number of nitro benzene ring substituents is 1. The lowest BCUT2D eigenvalue weighted by Gasteiger charge is -2.32. The highest BCUT2D eigenvalue weighted by atomic mass is 19.4. The van der Waals surface area contributed by atoms with Crippen molar-refractivity contribution in [3.8, 4) is 0 Å². The van der Waals surface area contributed by atoms with Crippen molar-refractivity contribution in [2.45, 2.75) is 31.2 Å². The standard InChI is InChI=1S/C21H21F3N6O3/c22-20(23,24)21(25-14-29(27-21)15-7-3-1-4-8-15)26-19(31)17-13-16(9-10-18(17)30(32)33)28-11-5-2-6-12-28/h1,3-4,7-10,13-14,27H,2,5-6,11-12H2,(H,26,31). The second-order valence-electron chi connectivity index (χ2n) is 7.73. The topological polar surface area (TPSA) is 103 Å². The van der Waals surface area contributed by atoms with Gasteiger partial charge in [0.1, 0.15) is 11.9 Å². The number of carbonyl (C=O) groups excluding carboxylic acids is 1. The Morgan fingerprint density at radius 2 is 1.79 bits per heavy atom. The van der Waals surface area contributed by atoms with Crippen LogP contribution < -0.4 is 20.7 Å². The molecule has 0 bridgehead atoms. The Bertz CT molecular complexity index is 1070. The lowest BCUT2D eigenvalue weighted by molar-refractivity contribution is -0.385. The van der Waals surface area contributed by atoms with Crippen LogP contribution >= 0.6 is 0 Å². The Kier molecular flexibility index (Phi) is 5.93. The van der Waals surface area contributed by atoms with Gasteiger partial charge in [-0.2, -0.15) is 18.6 Å². The van der Waals surface area contributed by atoms with Crippen LogP contribution in [0, 0.1) is 10.1 Å². The number of nitro groups is 1. The van der Waals surface area contributed by atoms with Gasteiger partial charge in [-0.3, -0.25) is 19.9 Å². The molecule has 2 N–H and O–H groups in total. The van der Waals surface area contributed by atoms with Crippen LogP contribution in [0.25, 0.3) is 0 Å². The number of amides is 1. The van der Waals surface area contributed by atoms with Crippen molar-refractivity contribution < 1.29 is 22.9 Å². The van der Waals surface area contributed by atoms with Crippen LogP contribution in [0.5, 0.6) is 0 Å². The van der Waals surface area contributed by atoms with Gasteiger partial charge in [0, 0.05) is 24.8 Å². The number of hydrogen-bond donors (Lipinski definition) is 2. The summed E-state index contributed by atoms with van der Waals surface area (Å²) in [5.74, 6) is -4.45. The number of hydrogen-bond acceptors (Lipinski definition) is 7. The maximum atomic E-state index is 14.1. The SMILES string of the molecule is O=C(NC1(C(F)(F)F)N=CN(c2ccccc2)N1)c1cc(N2CCCCC2)ccc1[N+](=O)[O-]. The van der Waals surface area contributed by atoms with E-state index >= 15 is 0 Å². The monoisotopic (exact) mass is 462 g/mol. The zero-order chi connectivity index (χ0) is 23.6. The molecule has 2 aromatic rings. The fourth-order valence-corrected chi connectivity index (χ4v) is 3.81. The van der Waals surface area contributed by atoms with Gasteiger partial charge in [-0.25, -0.2) is 4.99 Å². The maximum absolute atomic E-state index is 14.1. The van der Waals surface area contributed by atoms with E-state index in [1.165, 1.54) is 12.1 Å². The fourth-order valence-electron chi connectivity index (χ4n) is 3.81. The predicted molar refractivity (Wildman–Crippen MR) is 116 cm³/mol. The molecular weight excluding hydrogens is 441 g/mol. The van der Waals surface area contributed by atoms with Crippen molar-refractivity contribution in [3.05, 3.63) is 64.2 Å². The van der Waals surface area contributed by atoms with E-state index in [1.54, 1.807) is 30.3 Å². The van der Waals surface area contributed by atoms with Crippen LogP contribution in [0.2, 0.25) is 0 Å². The number of nitrogens with zero attached hydrogens (tertiary/aromatic N) is 4. The zero-order valence-electron chi connectivity index (χ0n) is 17.4. The van der Waals surface area contributed by atoms with E-state index in [9.17, 15) is 28.1 Å². The summed E-state index contributed by atoms with van der Waals surface area (Å²) in [6.07, 6.45) is -1.25. The lowest BCUT2D eigenvalue weighted by Crippen LogP contribution is -2.67. The number of piperidine rings is 1. The van der Waals surface area contributed by atoms with Crippen molar-refractivity contribution in [1.82, 2.24) is 10.7 Å². The van der Waals surface area contributed by atoms with E-state index in [4.69, 9.17) is 0 Å². The molecule has 12 heteroatoms. The molecule has 1 amide bonds. The Hall–Kier alpha value is -3.67. The highest BCUT2D eigenvalue weighted by Crippen LogP contribution is 2.34. The molecule has 0 aliphatic carbocycles. The molecule has 4 rings (SSSR count). The molecule has 0 spiro atoms. The molecular formula is C21H21F3N6O3. The molecule has 9 nitrogen and oxygen atoms in total. The second-order valence-corrected chi connectivity index (χ2v) is 7.73. The van der Waals surface area contributed by atoms with Gasteiger partial charge in [0.25, 0.3) is 11.6 Å². The van der Waals surface area contributed by atoms with Crippen LogP contribution in [0.3, 0.4) is 0 Å². The molecule has 0 saturated carbocycles. The summed E-state index contributed by atoms with van der Waals surface area (Å²) in [5.41, 5.74) is 2.00. The number of benzene rings is 2. The second kappa shape index (κ2) is 8.70. The Balaban J connectivity index is 1.65. The Labute approximate surface area is 187 Å². The number of carbonyl (C=O) groups is 1. The third-order valence-electron chi connectivity index (χ3n) is 5.53. The fraction of sp³-hybridized carbons (Fsp3) is 0.333. The van der Waals surface area contributed by atoms with Gasteiger partial charge in [0.2, 0.25) is 0 Å². The number of anilines is 2. The first-order valence-electron chi connectivity index (χ1n) is 10.3. The number of hydrazine groups is 1. The van der Waals surface area contributed by atoms with E-state index in [2.05, 4.69) is 10.4 Å². The quantitative estimate of drug-likeness (QED) is 0.520. The van der Waals surface area contributed by atoms with Gasteiger partial charge >= 0.3 is 12.0 Å². The van der Waals surface area contributed by atoms with Crippen molar-refractivity contribution in [2.75, 3.05) is 23.0 Å². The van der Waals surface area contributed by atoms with Gasteiger partial charge in [-0.1, -0.05) is 18.2 Å². The predicted octanol–water partition coefficient (Wildman–Crippen LogP) is 3.58. The number of halogens is 3. The molecule has 1 atom stereocenters. The lowest BCUT2D eigenvalue weighted by atomic mass is 10.1. The summed E-state index contributed by atoms with van der Waals surface area (Å²) in [6, 6.07) is 12.0. The van der Waals surface area contributed by atoms with E-state index in [0.717, 1.165) is 36.7 Å². The van der Waals surface area contributed by atoms with E-state index < -0.39 is 34.0 Å². The molecule has 2 heterocycles. The molecule has 1 unspecified atom stereocenters. The van der Waals surface area contributed by atoms with Crippen LogP contribution in [-0.2, 0) is 0 Å². The number of rotatable bonds is 5. The summed E-state index contributed by atoms with van der Waals surface area (Å²) in [5, 5.41) is 14.4. The minimum atomic E-state index is -5.04. The molecule has 33 heavy (non-hydrogen) atoms. The number of para-hydroxylation sites is 1. The van der Waals surface area contributed by atoms with Crippen LogP contribution in [-0.4, -0.2) is 42.2 Å². The Morgan fingerprint density at radius 3 is 2.42 bits per heavy atom. The molecule has 2 aliphatic heterocycles. The van der Waals surface area contributed by atoms with Crippen LogP contribution in [0.1, 0.15) is 29.6 Å². The largest absolute Gasteiger partial charge is 0.449 e. The number of aliphatic imine (C=N–C) groups is 1. The molecule has 0 radical (unpaired) electrons. The number of nitrogens with one attached hydrogen (secondary N) is 2. The molecule has 1 saturated heterocycles. The van der Waals surface area contributed by atoms with Gasteiger partial charge in [0.15, 0.2) is 0 Å². The third-order valence-corrected chi connectivity index (χ3v) is 5.53. The normalized spacial score (nSPS) is 20.7. The molecule has 1 fully saturated rings. The average Bonchev–Trinajstić information content (AvgIpc) is 3.25. The van der Waals surface area contributed by atoms with Crippen molar-refractivity contribution in [2.24, 2.45) is 4.99 Å². The van der Waals surface area contributed by atoms with Gasteiger partial charge < -0.3 is 10.2 Å². The molecule has 174 valence electrons. The number of alkyl halides is 3. The molecule has 2 aliphatic rings. The minimum absolute atomic E-state index is 0.361. The summed E-state index contributed by atoms with van der Waals surface area (Å²) >= 11 is 0. The van der Waals surface area contributed by atoms with Crippen LogP contribution in [0.4, 0.5) is 30.2 Å². The summed E-state index contributed by atoms with van der Waals surface area (Å²) in [7, 11) is 0. The van der Waals surface area contributed by atoms with E-state index in [0.29, 0.717) is 24.5 Å². The van der Waals surface area contributed by atoms with E-state index in [-0.39, 0.29) is 0 Å². The van der Waals surface area contributed by atoms with E-state index in [1.807, 2.05) is 10.2 Å². The van der Waals surface area contributed by atoms with Gasteiger partial charge in [-0.15, -0.1) is 0 Å². The smallest absolute Gasteiger partial charge is 0.372 e. The van der Waals surface area contributed by atoms with Gasteiger partial charge in [-0.05, 0) is 43.5 Å². The summed E-state index contributed by atoms with van der Waals surface area (Å²) in [4.78, 5) is 29.1. The minimum Gasteiger partial charge on any atom is -0.372 e.